The predicted molar refractivity (Wildman–Crippen MR) is 96.4 cm³/mol. The van der Waals surface area contributed by atoms with E-state index in [1.54, 1.807) is 0 Å². The van der Waals surface area contributed by atoms with Crippen molar-refractivity contribution in [3.05, 3.63) is 60.2 Å². The Morgan fingerprint density at radius 2 is 1.88 bits per heavy atom. The number of ether oxygens (including phenoxy) is 1. The molecular formula is C19H21N3O3. The van der Waals surface area contributed by atoms with Gasteiger partial charge in [0, 0.05) is 20.2 Å². The maximum Gasteiger partial charge on any atom is 0.416 e. The highest BCUT2D eigenvalue weighted by Crippen LogP contribution is 2.22. The van der Waals surface area contributed by atoms with Gasteiger partial charge in [-0.25, -0.2) is 14.7 Å². The Labute approximate surface area is 146 Å². The summed E-state index contributed by atoms with van der Waals surface area (Å²) in [4.78, 5) is 18.6. The first-order valence-corrected chi connectivity index (χ1v) is 8.21. The van der Waals surface area contributed by atoms with Crippen LogP contribution in [0.15, 0.2) is 54.6 Å². The second-order valence-corrected chi connectivity index (χ2v) is 5.73. The number of carbonyl (C=O) groups is 1. The van der Waals surface area contributed by atoms with Crippen LogP contribution >= 0.6 is 0 Å². The van der Waals surface area contributed by atoms with Gasteiger partial charge in [-0.05, 0) is 24.1 Å². The zero-order valence-corrected chi connectivity index (χ0v) is 14.1. The Balaban J connectivity index is 1.82. The van der Waals surface area contributed by atoms with Crippen molar-refractivity contribution in [3.8, 4) is 0 Å². The molecule has 0 aliphatic carbocycles. The number of aromatic nitrogens is 2. The van der Waals surface area contributed by atoms with Crippen molar-refractivity contribution in [2.45, 2.75) is 13.0 Å². The molecule has 2 aromatic carbocycles. The molecule has 1 heterocycles. The molecule has 0 aliphatic rings. The SMILES string of the molecule is Cn1c(N(CCCO)C(=O)OCc2ccccc2)nc2ccccc21. The number of benzene rings is 2. The third kappa shape index (κ3) is 3.80. The fraction of sp³-hybridized carbons (Fsp3) is 0.263. The molecule has 0 fully saturated rings. The highest BCUT2D eigenvalue weighted by Gasteiger charge is 2.22. The normalized spacial score (nSPS) is 10.8. The molecule has 130 valence electrons. The molecule has 0 unspecified atom stereocenters. The minimum atomic E-state index is -0.476. The molecule has 1 aromatic heterocycles. The van der Waals surface area contributed by atoms with E-state index >= 15 is 0 Å². The van der Waals surface area contributed by atoms with Crippen LogP contribution in [0.1, 0.15) is 12.0 Å². The fourth-order valence-corrected chi connectivity index (χ4v) is 2.67. The minimum Gasteiger partial charge on any atom is -0.444 e. The Morgan fingerprint density at radius 3 is 2.60 bits per heavy atom. The van der Waals surface area contributed by atoms with E-state index < -0.39 is 6.09 Å². The molecule has 0 radical (unpaired) electrons. The van der Waals surface area contributed by atoms with Gasteiger partial charge in [0.2, 0.25) is 5.95 Å². The molecule has 1 amide bonds. The van der Waals surface area contributed by atoms with Crippen LogP contribution in [0.4, 0.5) is 10.7 Å². The summed E-state index contributed by atoms with van der Waals surface area (Å²) in [7, 11) is 1.86. The van der Waals surface area contributed by atoms with E-state index in [9.17, 15) is 4.79 Å². The van der Waals surface area contributed by atoms with Crippen LogP contribution in [0.2, 0.25) is 0 Å². The van der Waals surface area contributed by atoms with Crippen molar-refractivity contribution < 1.29 is 14.6 Å². The van der Waals surface area contributed by atoms with Gasteiger partial charge >= 0.3 is 6.09 Å². The zero-order chi connectivity index (χ0) is 17.6. The van der Waals surface area contributed by atoms with Gasteiger partial charge in [0.15, 0.2) is 0 Å². The number of para-hydroxylation sites is 2. The van der Waals surface area contributed by atoms with Crippen LogP contribution in [0, 0.1) is 0 Å². The lowest BCUT2D eigenvalue weighted by Crippen LogP contribution is -2.34. The van der Waals surface area contributed by atoms with Crippen molar-refractivity contribution in [1.82, 2.24) is 9.55 Å². The molecule has 0 bridgehead atoms. The molecular weight excluding hydrogens is 318 g/mol. The number of aliphatic hydroxyl groups excluding tert-OH is 1. The monoisotopic (exact) mass is 339 g/mol. The highest BCUT2D eigenvalue weighted by molar-refractivity contribution is 5.89. The van der Waals surface area contributed by atoms with Crippen molar-refractivity contribution in [2.24, 2.45) is 7.05 Å². The maximum atomic E-state index is 12.6. The summed E-state index contributed by atoms with van der Waals surface area (Å²) in [5.74, 6) is 0.507. The molecule has 3 aromatic rings. The molecule has 25 heavy (non-hydrogen) atoms. The first kappa shape index (κ1) is 17.0. The summed E-state index contributed by atoms with van der Waals surface area (Å²) >= 11 is 0. The lowest BCUT2D eigenvalue weighted by molar-refractivity contribution is 0.146. The van der Waals surface area contributed by atoms with Crippen molar-refractivity contribution in [3.63, 3.8) is 0 Å². The quantitative estimate of drug-likeness (QED) is 0.749. The number of imidazole rings is 1. The Hall–Kier alpha value is -2.86. The van der Waals surface area contributed by atoms with Crippen LogP contribution in [0.25, 0.3) is 11.0 Å². The average molecular weight is 339 g/mol. The minimum absolute atomic E-state index is 0.00753. The number of anilines is 1. The number of aliphatic hydroxyl groups is 1. The molecule has 3 rings (SSSR count). The topological polar surface area (TPSA) is 67.6 Å². The Morgan fingerprint density at radius 1 is 1.16 bits per heavy atom. The Kier molecular flexibility index (Phi) is 5.30. The van der Waals surface area contributed by atoms with E-state index in [4.69, 9.17) is 9.84 Å². The maximum absolute atomic E-state index is 12.6. The molecule has 6 nitrogen and oxygen atoms in total. The van der Waals surface area contributed by atoms with Crippen molar-refractivity contribution >= 4 is 23.1 Å². The third-order valence-electron chi connectivity index (χ3n) is 3.97. The molecule has 6 heteroatoms. The van der Waals surface area contributed by atoms with E-state index in [0.29, 0.717) is 18.9 Å². The number of carbonyl (C=O) groups excluding carboxylic acids is 1. The highest BCUT2D eigenvalue weighted by atomic mass is 16.6. The smallest absolute Gasteiger partial charge is 0.416 e. The number of aryl methyl sites for hydroxylation is 1. The first-order chi connectivity index (χ1) is 12.2. The lowest BCUT2D eigenvalue weighted by atomic mass is 10.2. The molecule has 0 spiro atoms. The summed E-state index contributed by atoms with van der Waals surface area (Å²) in [5, 5.41) is 9.15. The summed E-state index contributed by atoms with van der Waals surface area (Å²) in [5.41, 5.74) is 2.66. The van der Waals surface area contributed by atoms with Crippen LogP contribution in [0.3, 0.4) is 0 Å². The van der Waals surface area contributed by atoms with Gasteiger partial charge < -0.3 is 14.4 Å². The summed E-state index contributed by atoms with van der Waals surface area (Å²) in [6.07, 6.45) is -0.0281. The van der Waals surface area contributed by atoms with Gasteiger partial charge in [0.1, 0.15) is 6.61 Å². The van der Waals surface area contributed by atoms with E-state index in [0.717, 1.165) is 16.6 Å². The van der Waals surface area contributed by atoms with E-state index in [1.807, 2.05) is 66.2 Å². The van der Waals surface area contributed by atoms with E-state index in [1.165, 1.54) is 4.90 Å². The van der Waals surface area contributed by atoms with Gasteiger partial charge in [0.25, 0.3) is 0 Å². The van der Waals surface area contributed by atoms with Gasteiger partial charge in [-0.15, -0.1) is 0 Å². The zero-order valence-electron chi connectivity index (χ0n) is 14.1. The standard InChI is InChI=1S/C19H21N3O3/c1-21-17-11-6-5-10-16(17)20-18(21)22(12-7-13-23)19(24)25-14-15-8-3-2-4-9-15/h2-6,8-11,23H,7,12-14H2,1H3. The number of nitrogens with zero attached hydrogens (tertiary/aromatic N) is 3. The van der Waals surface area contributed by atoms with Crippen LogP contribution in [-0.2, 0) is 18.4 Å². The second kappa shape index (κ2) is 7.81. The summed E-state index contributed by atoms with van der Waals surface area (Å²) in [6, 6.07) is 17.2. The van der Waals surface area contributed by atoms with E-state index in [-0.39, 0.29) is 13.2 Å². The molecule has 0 saturated carbocycles. The molecule has 1 N–H and O–H groups in total. The van der Waals surface area contributed by atoms with Gasteiger partial charge in [-0.2, -0.15) is 0 Å². The fourth-order valence-electron chi connectivity index (χ4n) is 2.67. The molecule has 0 aliphatic heterocycles. The lowest BCUT2D eigenvalue weighted by Gasteiger charge is -2.21. The third-order valence-corrected chi connectivity index (χ3v) is 3.97. The van der Waals surface area contributed by atoms with Crippen LogP contribution in [0.5, 0.6) is 0 Å². The summed E-state index contributed by atoms with van der Waals surface area (Å²) < 4.78 is 7.30. The summed E-state index contributed by atoms with van der Waals surface area (Å²) in [6.45, 7) is 0.521. The van der Waals surface area contributed by atoms with Gasteiger partial charge in [-0.3, -0.25) is 0 Å². The van der Waals surface area contributed by atoms with E-state index in [2.05, 4.69) is 4.98 Å². The number of fused-ring (bicyclic) bond motifs is 1. The predicted octanol–water partition coefficient (Wildman–Crippen LogP) is 3.10. The van der Waals surface area contributed by atoms with Gasteiger partial charge in [-0.1, -0.05) is 42.5 Å². The van der Waals surface area contributed by atoms with Crippen LogP contribution < -0.4 is 4.90 Å². The largest absolute Gasteiger partial charge is 0.444 e. The van der Waals surface area contributed by atoms with Crippen molar-refractivity contribution in [1.29, 1.82) is 0 Å². The number of hydrogen-bond acceptors (Lipinski definition) is 4. The number of hydrogen-bond donors (Lipinski definition) is 1. The molecule has 0 saturated heterocycles. The number of amides is 1. The molecule has 0 atom stereocenters. The Bertz CT molecular complexity index is 846. The average Bonchev–Trinajstić information content (AvgIpc) is 2.98. The number of rotatable bonds is 6. The van der Waals surface area contributed by atoms with Crippen LogP contribution in [-0.4, -0.2) is 33.9 Å². The van der Waals surface area contributed by atoms with Gasteiger partial charge in [0.05, 0.1) is 11.0 Å². The second-order valence-electron chi connectivity index (χ2n) is 5.73. The van der Waals surface area contributed by atoms with Crippen molar-refractivity contribution in [2.75, 3.05) is 18.1 Å². The first-order valence-electron chi connectivity index (χ1n) is 8.21.